The fourth-order valence-corrected chi connectivity index (χ4v) is 6.75. The summed E-state index contributed by atoms with van der Waals surface area (Å²) in [6, 6.07) is 26.2. The molecule has 3 aromatic carbocycles. The summed E-state index contributed by atoms with van der Waals surface area (Å²) in [6.07, 6.45) is 1.90. The van der Waals surface area contributed by atoms with E-state index in [0.29, 0.717) is 32.4 Å². The van der Waals surface area contributed by atoms with Gasteiger partial charge in [-0.3, -0.25) is 9.69 Å². The Balaban J connectivity index is 1.20. The van der Waals surface area contributed by atoms with Crippen LogP contribution in [0.1, 0.15) is 54.7 Å². The van der Waals surface area contributed by atoms with E-state index < -0.39 is 29.0 Å². The fourth-order valence-electron chi connectivity index (χ4n) is 6.75. The van der Waals surface area contributed by atoms with Gasteiger partial charge in [0.25, 0.3) is 0 Å². The summed E-state index contributed by atoms with van der Waals surface area (Å²) in [4.78, 5) is 41.6. The van der Waals surface area contributed by atoms with Crippen LogP contribution < -0.4 is 10.6 Å². The lowest BCUT2D eigenvalue weighted by molar-refractivity contribution is -0.148. The Morgan fingerprint density at radius 2 is 1.41 bits per heavy atom. The summed E-state index contributed by atoms with van der Waals surface area (Å²) in [5.74, 6) is -1.60. The number of amides is 2. The standard InChI is InChI=1S/C33H35N3O5/c37-29(34-32(30(38)39)16-8-9-17-32)33(18-19-36(22-33)20-23-10-2-1-3-11-23)35-31(40)41-21-28-26-14-6-4-12-24(26)25-13-5-7-15-27(25)28/h1-7,10-15,28H,8-9,16-22H2,(H,34,37)(H,35,40)(H,38,39). The molecule has 2 fully saturated rings. The SMILES string of the molecule is O=C(NC1(C(=O)NC2(C(=O)O)CCCC2)CCN(Cc2ccccc2)C1)OCC1c2ccccc2-c2ccccc21. The first-order chi connectivity index (χ1) is 19.9. The van der Waals surface area contributed by atoms with Crippen LogP contribution in [0.3, 0.4) is 0 Å². The van der Waals surface area contributed by atoms with Crippen molar-refractivity contribution in [3.05, 3.63) is 95.6 Å². The zero-order valence-corrected chi connectivity index (χ0v) is 23.0. The molecular formula is C33H35N3O5. The zero-order valence-electron chi connectivity index (χ0n) is 23.0. The first-order valence-electron chi connectivity index (χ1n) is 14.3. The minimum Gasteiger partial charge on any atom is -0.480 e. The zero-order chi connectivity index (χ0) is 28.5. The van der Waals surface area contributed by atoms with Gasteiger partial charge in [0.05, 0.1) is 0 Å². The van der Waals surface area contributed by atoms with Gasteiger partial charge in [-0.05, 0) is 47.1 Å². The molecule has 2 amide bonds. The lowest BCUT2D eigenvalue weighted by Gasteiger charge is -2.34. The third-order valence-corrected chi connectivity index (χ3v) is 8.94. The molecule has 8 nitrogen and oxygen atoms in total. The van der Waals surface area contributed by atoms with Crippen LogP contribution in [-0.4, -0.2) is 58.8 Å². The molecule has 0 spiro atoms. The molecule has 2 aliphatic carbocycles. The summed E-state index contributed by atoms with van der Waals surface area (Å²) in [7, 11) is 0. The molecule has 1 atom stereocenters. The monoisotopic (exact) mass is 553 g/mol. The van der Waals surface area contributed by atoms with Crippen LogP contribution in [0.2, 0.25) is 0 Å². The minimum absolute atomic E-state index is 0.107. The average Bonchev–Trinajstić information content (AvgIpc) is 3.70. The number of likely N-dealkylation sites (tertiary alicyclic amines) is 1. The number of hydrogen-bond donors (Lipinski definition) is 3. The van der Waals surface area contributed by atoms with Crippen molar-refractivity contribution in [3.63, 3.8) is 0 Å². The molecule has 1 heterocycles. The molecule has 0 radical (unpaired) electrons. The second kappa shape index (κ2) is 11.0. The quantitative estimate of drug-likeness (QED) is 0.374. The normalized spacial score (nSPS) is 21.2. The summed E-state index contributed by atoms with van der Waals surface area (Å²) in [6.45, 7) is 1.58. The Labute approximate surface area is 239 Å². The maximum Gasteiger partial charge on any atom is 0.408 e. The van der Waals surface area contributed by atoms with Gasteiger partial charge in [-0.15, -0.1) is 0 Å². The van der Waals surface area contributed by atoms with Crippen LogP contribution in [-0.2, 0) is 20.9 Å². The number of carboxylic acid groups (broad SMARTS) is 1. The molecule has 1 aliphatic heterocycles. The van der Waals surface area contributed by atoms with Crippen LogP contribution in [0.25, 0.3) is 11.1 Å². The highest BCUT2D eigenvalue weighted by atomic mass is 16.5. The summed E-state index contributed by atoms with van der Waals surface area (Å²) < 4.78 is 5.81. The van der Waals surface area contributed by atoms with Crippen molar-refractivity contribution in [2.45, 2.75) is 55.6 Å². The third kappa shape index (κ3) is 5.20. The van der Waals surface area contributed by atoms with Gasteiger partial charge in [0, 0.05) is 25.6 Å². The van der Waals surface area contributed by atoms with Crippen molar-refractivity contribution in [1.82, 2.24) is 15.5 Å². The third-order valence-electron chi connectivity index (χ3n) is 8.94. The Kier molecular flexibility index (Phi) is 7.26. The average molecular weight is 554 g/mol. The van der Waals surface area contributed by atoms with Crippen molar-refractivity contribution in [1.29, 1.82) is 0 Å². The van der Waals surface area contributed by atoms with Crippen LogP contribution in [0.15, 0.2) is 78.9 Å². The second-order valence-electron chi connectivity index (χ2n) is 11.5. The fraction of sp³-hybridized carbons (Fsp3) is 0.364. The molecule has 8 heteroatoms. The van der Waals surface area contributed by atoms with E-state index in [1.54, 1.807) is 0 Å². The summed E-state index contributed by atoms with van der Waals surface area (Å²) in [5.41, 5.74) is 2.97. The highest BCUT2D eigenvalue weighted by Gasteiger charge is 2.51. The van der Waals surface area contributed by atoms with Gasteiger partial charge < -0.3 is 20.5 Å². The Hall–Kier alpha value is -4.17. The van der Waals surface area contributed by atoms with Gasteiger partial charge in [0.2, 0.25) is 5.91 Å². The number of rotatable bonds is 8. The maximum absolute atomic E-state index is 13.9. The van der Waals surface area contributed by atoms with Gasteiger partial charge in [-0.1, -0.05) is 91.7 Å². The predicted octanol–water partition coefficient (Wildman–Crippen LogP) is 4.68. The summed E-state index contributed by atoms with van der Waals surface area (Å²) in [5, 5.41) is 15.8. The second-order valence-corrected chi connectivity index (χ2v) is 11.5. The largest absolute Gasteiger partial charge is 0.480 e. The number of carbonyl (C=O) groups excluding carboxylic acids is 2. The Bertz CT molecular complexity index is 1410. The van der Waals surface area contributed by atoms with Gasteiger partial charge in [0.1, 0.15) is 17.7 Å². The number of carbonyl (C=O) groups is 3. The van der Waals surface area contributed by atoms with Crippen molar-refractivity contribution >= 4 is 18.0 Å². The Morgan fingerprint density at radius 1 is 0.805 bits per heavy atom. The van der Waals surface area contributed by atoms with Crippen molar-refractivity contribution < 1.29 is 24.2 Å². The van der Waals surface area contributed by atoms with Gasteiger partial charge >= 0.3 is 12.1 Å². The molecule has 41 heavy (non-hydrogen) atoms. The number of nitrogens with zero attached hydrogens (tertiary/aromatic N) is 1. The molecule has 3 aromatic rings. The van der Waals surface area contributed by atoms with E-state index in [0.717, 1.165) is 40.7 Å². The molecule has 1 saturated heterocycles. The molecule has 3 aliphatic rings. The van der Waals surface area contributed by atoms with Crippen LogP contribution >= 0.6 is 0 Å². The lowest BCUT2D eigenvalue weighted by atomic mass is 9.92. The molecule has 0 aromatic heterocycles. The van der Waals surface area contributed by atoms with Crippen LogP contribution in [0, 0.1) is 0 Å². The van der Waals surface area contributed by atoms with Crippen LogP contribution in [0.5, 0.6) is 0 Å². The number of ether oxygens (including phenoxy) is 1. The number of carboxylic acids is 1. The van der Waals surface area contributed by atoms with E-state index >= 15 is 0 Å². The molecule has 0 bridgehead atoms. The van der Waals surface area contributed by atoms with Gasteiger partial charge in [-0.2, -0.15) is 0 Å². The first kappa shape index (κ1) is 27.0. The van der Waals surface area contributed by atoms with Gasteiger partial charge in [0.15, 0.2) is 0 Å². The van der Waals surface area contributed by atoms with E-state index in [9.17, 15) is 19.5 Å². The molecule has 6 rings (SSSR count). The van der Waals surface area contributed by atoms with Crippen molar-refractivity contribution in [3.8, 4) is 11.1 Å². The maximum atomic E-state index is 13.9. The highest BCUT2D eigenvalue weighted by molar-refractivity contribution is 5.95. The molecule has 1 unspecified atom stereocenters. The molecule has 1 saturated carbocycles. The number of aliphatic carboxylic acids is 1. The lowest BCUT2D eigenvalue weighted by Crippen LogP contribution is -2.65. The number of fused-ring (bicyclic) bond motifs is 3. The van der Waals surface area contributed by atoms with Crippen molar-refractivity contribution in [2.24, 2.45) is 0 Å². The van der Waals surface area contributed by atoms with E-state index in [1.165, 1.54) is 0 Å². The highest BCUT2D eigenvalue weighted by Crippen LogP contribution is 2.44. The van der Waals surface area contributed by atoms with E-state index in [-0.39, 0.29) is 19.1 Å². The molecule has 3 N–H and O–H groups in total. The van der Waals surface area contributed by atoms with E-state index in [2.05, 4.69) is 39.8 Å². The minimum atomic E-state index is -1.31. The number of alkyl carbamates (subject to hydrolysis) is 1. The topological polar surface area (TPSA) is 108 Å². The molecule has 212 valence electrons. The Morgan fingerprint density at radius 3 is 2.05 bits per heavy atom. The first-order valence-corrected chi connectivity index (χ1v) is 14.3. The number of benzene rings is 3. The van der Waals surface area contributed by atoms with Crippen molar-refractivity contribution in [2.75, 3.05) is 19.7 Å². The van der Waals surface area contributed by atoms with E-state index in [1.807, 2.05) is 54.6 Å². The predicted molar refractivity (Wildman–Crippen MR) is 154 cm³/mol. The van der Waals surface area contributed by atoms with E-state index in [4.69, 9.17) is 4.74 Å². The smallest absolute Gasteiger partial charge is 0.408 e. The summed E-state index contributed by atoms with van der Waals surface area (Å²) >= 11 is 0. The number of hydrogen-bond acceptors (Lipinski definition) is 5. The molecular weight excluding hydrogens is 518 g/mol. The van der Waals surface area contributed by atoms with Crippen LogP contribution in [0.4, 0.5) is 4.79 Å². The number of nitrogens with one attached hydrogen (secondary N) is 2. The van der Waals surface area contributed by atoms with Gasteiger partial charge in [-0.25, -0.2) is 9.59 Å².